The highest BCUT2D eigenvalue weighted by Gasteiger charge is 2.51. The quantitative estimate of drug-likeness (QED) is 0.0865. The molecule has 0 heterocycles. The summed E-state index contributed by atoms with van der Waals surface area (Å²) >= 11 is 0. The lowest BCUT2D eigenvalue weighted by Crippen LogP contribution is -2.67. The van der Waals surface area contributed by atoms with Crippen LogP contribution in [0, 0.1) is 23.7 Å². The van der Waals surface area contributed by atoms with E-state index in [0.29, 0.717) is 13.0 Å². The highest BCUT2D eigenvalue weighted by Crippen LogP contribution is 2.46. The normalized spacial score (nSPS) is 20.5. The van der Waals surface area contributed by atoms with Gasteiger partial charge < -0.3 is 19.0 Å². The van der Waals surface area contributed by atoms with Crippen LogP contribution in [-0.2, 0) is 27.5 Å². The molecule has 2 aliphatic rings. The van der Waals surface area contributed by atoms with Crippen LogP contribution >= 0.6 is 0 Å². The molecule has 0 bridgehead atoms. The van der Waals surface area contributed by atoms with E-state index < -0.39 is 29.7 Å². The Morgan fingerprint density at radius 1 is 0.764 bits per heavy atom. The molecule has 0 radical (unpaired) electrons. The first-order valence-corrected chi connectivity index (χ1v) is 23.1. The third-order valence-electron chi connectivity index (χ3n) is 12.4. The van der Waals surface area contributed by atoms with Crippen molar-refractivity contribution in [3.63, 3.8) is 0 Å². The van der Waals surface area contributed by atoms with Crippen LogP contribution < -0.4 is 19.8 Å². The molecular formula is C46H59NO6SSi. The average Bonchev–Trinajstić information content (AvgIpc) is 3.15. The molecule has 0 aliphatic heterocycles. The van der Waals surface area contributed by atoms with E-state index in [9.17, 15) is 13.5 Å². The summed E-state index contributed by atoms with van der Waals surface area (Å²) in [5, 5.41) is 13.5. The number of methoxy groups -OCH3 is 2. The Balaban J connectivity index is 1.14. The van der Waals surface area contributed by atoms with Crippen molar-refractivity contribution in [1.29, 1.82) is 0 Å². The minimum atomic E-state index is -3.72. The second-order valence-corrected chi connectivity index (χ2v) is 23.2. The molecule has 294 valence electrons. The number of ether oxygens (including phenoxy) is 2. The number of allylic oxidation sites excluding steroid dienone is 1. The third-order valence-corrected chi connectivity index (χ3v) is 19.7. The van der Waals surface area contributed by atoms with Gasteiger partial charge in [-0.15, -0.1) is 0 Å². The number of benzene rings is 4. The zero-order valence-corrected chi connectivity index (χ0v) is 35.3. The van der Waals surface area contributed by atoms with Crippen LogP contribution in [-0.4, -0.2) is 58.3 Å². The van der Waals surface area contributed by atoms with E-state index in [2.05, 4.69) is 87.5 Å². The first-order valence-electron chi connectivity index (χ1n) is 19.7. The first-order chi connectivity index (χ1) is 26.3. The van der Waals surface area contributed by atoms with Gasteiger partial charge in [0.25, 0.3) is 8.32 Å². The molecule has 55 heavy (non-hydrogen) atoms. The van der Waals surface area contributed by atoms with Gasteiger partial charge in [0.2, 0.25) is 10.0 Å². The van der Waals surface area contributed by atoms with Crippen LogP contribution in [0.3, 0.4) is 0 Å². The van der Waals surface area contributed by atoms with Crippen molar-refractivity contribution in [1.82, 2.24) is 4.31 Å². The zero-order valence-electron chi connectivity index (χ0n) is 33.5. The van der Waals surface area contributed by atoms with Gasteiger partial charge in [-0.25, -0.2) is 8.42 Å². The lowest BCUT2D eigenvalue weighted by atomic mass is 9.65. The summed E-state index contributed by atoms with van der Waals surface area (Å²) in [7, 11) is -3.15. The molecule has 4 aromatic rings. The largest absolute Gasteiger partial charge is 0.497 e. The second kappa shape index (κ2) is 17.2. The van der Waals surface area contributed by atoms with Crippen LogP contribution in [0.5, 0.6) is 11.5 Å². The van der Waals surface area contributed by atoms with Gasteiger partial charge in [-0.05, 0) is 106 Å². The minimum Gasteiger partial charge on any atom is -0.497 e. The van der Waals surface area contributed by atoms with Crippen LogP contribution in [0.4, 0.5) is 0 Å². The van der Waals surface area contributed by atoms with Gasteiger partial charge in [-0.1, -0.05) is 119 Å². The maximum atomic E-state index is 14.4. The SMILES string of the molecule is COc1ccc(CN(Cc2ccc(OC)cc2)S(=O)(=O)C(C)C(C)[C@H]2C=C(C(O)[C@@H]3CC[C@H]3CO[Si](c3ccccc3)(c3ccccc3)C(C)(C)C)C2)cc1. The van der Waals surface area contributed by atoms with Gasteiger partial charge in [-0.2, -0.15) is 4.31 Å². The maximum absolute atomic E-state index is 14.4. The van der Waals surface area contributed by atoms with E-state index in [1.54, 1.807) is 18.5 Å². The Labute approximate surface area is 330 Å². The van der Waals surface area contributed by atoms with Crippen molar-refractivity contribution < 1.29 is 27.4 Å². The van der Waals surface area contributed by atoms with E-state index >= 15 is 0 Å². The molecule has 0 saturated heterocycles. The van der Waals surface area contributed by atoms with E-state index in [4.69, 9.17) is 13.9 Å². The average molecular weight is 782 g/mol. The van der Waals surface area contributed by atoms with Gasteiger partial charge in [0.1, 0.15) is 11.5 Å². The minimum absolute atomic E-state index is 0.0742. The molecule has 0 aromatic heterocycles. The van der Waals surface area contributed by atoms with Gasteiger partial charge in [-0.3, -0.25) is 0 Å². The predicted octanol–water partition coefficient (Wildman–Crippen LogP) is 7.97. The molecular weight excluding hydrogens is 723 g/mol. The lowest BCUT2D eigenvalue weighted by molar-refractivity contribution is 0.00403. The number of aliphatic hydroxyl groups is 1. The Morgan fingerprint density at radius 3 is 1.64 bits per heavy atom. The number of rotatable bonds is 17. The molecule has 3 unspecified atom stereocenters. The molecule has 0 amide bonds. The fourth-order valence-corrected chi connectivity index (χ4v) is 15.0. The molecule has 1 N–H and O–H groups in total. The number of hydrogen-bond donors (Lipinski definition) is 1. The summed E-state index contributed by atoms with van der Waals surface area (Å²) in [5.74, 6) is 1.79. The number of sulfonamides is 1. The summed E-state index contributed by atoms with van der Waals surface area (Å²) < 4.78 is 48.4. The number of aliphatic hydroxyl groups excluding tert-OH is 1. The molecule has 0 spiro atoms. The standard InChI is InChI=1S/C46H59NO6SSi/c1-33(34(2)54(49,50)47(30-35-18-23-40(51-6)24-19-35)31-36-20-25-41(52-7)26-21-36)38-28-39(29-38)45(48)44-27-22-37(44)32-53-55(46(3,4)5,42-14-10-8-11-15-42)43-16-12-9-13-17-43/h8-21,23-26,28,33-34,37-38,44-45,48H,22,27,29-32H2,1-7H3/t33?,34?,37-,38-,44+,45?/m0/s1. The fraction of sp³-hybridized carbons (Fsp3) is 0.435. The molecule has 6 atom stereocenters. The number of hydrogen-bond acceptors (Lipinski definition) is 6. The molecule has 1 fully saturated rings. The van der Waals surface area contributed by atoms with Crippen molar-refractivity contribution in [2.75, 3.05) is 20.8 Å². The lowest BCUT2D eigenvalue weighted by Gasteiger charge is -2.48. The summed E-state index contributed by atoms with van der Waals surface area (Å²) in [6, 6.07) is 36.5. The van der Waals surface area contributed by atoms with Crippen molar-refractivity contribution in [2.45, 2.75) is 83.4 Å². The Hall–Kier alpha value is -3.73. The van der Waals surface area contributed by atoms with Gasteiger partial charge in [0.05, 0.1) is 25.6 Å². The molecule has 1 saturated carbocycles. The van der Waals surface area contributed by atoms with Crippen molar-refractivity contribution in [3.05, 3.63) is 132 Å². The number of nitrogens with zero attached hydrogens (tertiary/aromatic N) is 1. The van der Waals surface area contributed by atoms with E-state index in [-0.39, 0.29) is 41.8 Å². The Bertz CT molecular complexity index is 1890. The van der Waals surface area contributed by atoms with Crippen LogP contribution in [0.1, 0.15) is 65.0 Å². The Kier molecular flexibility index (Phi) is 12.8. The highest BCUT2D eigenvalue weighted by molar-refractivity contribution is 7.89. The highest BCUT2D eigenvalue weighted by atomic mass is 32.2. The van der Waals surface area contributed by atoms with Gasteiger partial charge in [0, 0.05) is 19.7 Å². The molecule has 7 nitrogen and oxygen atoms in total. The van der Waals surface area contributed by atoms with Crippen molar-refractivity contribution in [3.8, 4) is 11.5 Å². The van der Waals surface area contributed by atoms with Crippen LogP contribution in [0.2, 0.25) is 5.04 Å². The van der Waals surface area contributed by atoms with Crippen molar-refractivity contribution >= 4 is 28.7 Å². The second-order valence-electron chi connectivity index (χ2n) is 16.6. The monoisotopic (exact) mass is 781 g/mol. The summed E-state index contributed by atoms with van der Waals surface area (Å²) in [5.41, 5.74) is 2.82. The summed E-state index contributed by atoms with van der Waals surface area (Å²) in [6.07, 6.45) is 4.30. The fourth-order valence-electron chi connectivity index (χ4n) is 8.52. The smallest absolute Gasteiger partial charge is 0.261 e. The predicted molar refractivity (Wildman–Crippen MR) is 225 cm³/mol. The molecule has 9 heteroatoms. The van der Waals surface area contributed by atoms with E-state index in [0.717, 1.165) is 41.0 Å². The van der Waals surface area contributed by atoms with E-state index in [1.165, 1.54) is 10.4 Å². The molecule has 6 rings (SSSR count). The van der Waals surface area contributed by atoms with Crippen molar-refractivity contribution in [2.24, 2.45) is 23.7 Å². The molecule has 4 aromatic carbocycles. The summed E-state index contributed by atoms with van der Waals surface area (Å²) in [6.45, 7) is 11.9. The third kappa shape index (κ3) is 8.66. The van der Waals surface area contributed by atoms with Crippen LogP contribution in [0.15, 0.2) is 121 Å². The van der Waals surface area contributed by atoms with Crippen LogP contribution in [0.25, 0.3) is 0 Å². The topological polar surface area (TPSA) is 85.3 Å². The van der Waals surface area contributed by atoms with Gasteiger partial charge in [0.15, 0.2) is 0 Å². The Morgan fingerprint density at radius 2 is 1.24 bits per heavy atom. The van der Waals surface area contributed by atoms with Gasteiger partial charge >= 0.3 is 0 Å². The zero-order chi connectivity index (χ0) is 39.4. The first kappa shape index (κ1) is 40.9. The maximum Gasteiger partial charge on any atom is 0.261 e. The summed E-state index contributed by atoms with van der Waals surface area (Å²) in [4.78, 5) is 0. The van der Waals surface area contributed by atoms with E-state index in [1.807, 2.05) is 62.4 Å². The molecule has 2 aliphatic carbocycles.